The lowest BCUT2D eigenvalue weighted by Crippen LogP contribution is -2.41. The van der Waals surface area contributed by atoms with Gasteiger partial charge >= 0.3 is 0 Å². The van der Waals surface area contributed by atoms with Gasteiger partial charge in [0.2, 0.25) is 0 Å². The van der Waals surface area contributed by atoms with Gasteiger partial charge in [-0.05, 0) is 12.1 Å². The van der Waals surface area contributed by atoms with Crippen LogP contribution in [-0.2, 0) is 10.0 Å². The summed E-state index contributed by atoms with van der Waals surface area (Å²) in [6.45, 7) is 17.0. The lowest BCUT2D eigenvalue weighted by Gasteiger charge is -2.47. The molecule has 0 bridgehead atoms. The molecule has 0 radical (unpaired) electrons. The van der Waals surface area contributed by atoms with Crippen LogP contribution in [0.2, 0.25) is 0 Å². The molecule has 0 aliphatic heterocycles. The average Bonchev–Trinajstić information content (AvgIpc) is 2.65. The van der Waals surface area contributed by atoms with Crippen molar-refractivity contribution in [1.29, 1.82) is 0 Å². The fourth-order valence-corrected chi connectivity index (χ4v) is 9.91. The lowest BCUT2D eigenvalue weighted by atomic mass is 10.4. The van der Waals surface area contributed by atoms with E-state index < -0.39 is 17.5 Å². The average molecular weight is 403 g/mol. The van der Waals surface area contributed by atoms with E-state index in [9.17, 15) is 8.42 Å². The highest BCUT2D eigenvalue weighted by Crippen LogP contribution is 2.60. The molecule has 0 aliphatic carbocycles. The van der Waals surface area contributed by atoms with Crippen LogP contribution >= 0.6 is 7.51 Å². The molecule has 1 rings (SSSR count). The molecule has 26 heavy (non-hydrogen) atoms. The monoisotopic (exact) mass is 402 g/mol. The van der Waals surface area contributed by atoms with Crippen LogP contribution in [0.25, 0.3) is 0 Å². The Morgan fingerprint density at radius 3 is 1.38 bits per heavy atom. The zero-order valence-corrected chi connectivity index (χ0v) is 18.8. The van der Waals surface area contributed by atoms with Crippen molar-refractivity contribution in [2.75, 3.05) is 39.3 Å². The number of hydrogen-bond acceptors (Lipinski definition) is 2. The molecule has 0 atom stereocenters. The van der Waals surface area contributed by atoms with Crippen LogP contribution in [0.5, 0.6) is 0 Å². The summed E-state index contributed by atoms with van der Waals surface area (Å²) in [5, 5.41) is 0. The Labute approximate surface area is 160 Å². The van der Waals surface area contributed by atoms with Gasteiger partial charge in [-0.3, -0.25) is 0 Å². The van der Waals surface area contributed by atoms with E-state index in [1.165, 1.54) is 0 Å². The molecular weight excluding hydrogens is 367 g/mol. The zero-order valence-electron chi connectivity index (χ0n) is 17.1. The SMILES string of the molecule is CCN(CC)P(=NS(=O)(=O)c1ccccc1)(N(CC)CC)N(CC)CC. The number of sulfonamides is 1. The summed E-state index contributed by atoms with van der Waals surface area (Å²) in [6.07, 6.45) is 0. The topological polar surface area (TPSA) is 56.2 Å². The maximum absolute atomic E-state index is 13.2. The highest BCUT2D eigenvalue weighted by atomic mass is 32.2. The first-order valence-electron chi connectivity index (χ1n) is 9.57. The van der Waals surface area contributed by atoms with E-state index in [0.717, 1.165) is 39.3 Å². The Kier molecular flexibility index (Phi) is 9.48. The van der Waals surface area contributed by atoms with Gasteiger partial charge < -0.3 is 0 Å². The smallest absolute Gasteiger partial charge is 0.246 e. The Balaban J connectivity index is 3.86. The highest BCUT2D eigenvalue weighted by Gasteiger charge is 2.39. The summed E-state index contributed by atoms with van der Waals surface area (Å²) in [4.78, 5) is 0.260. The quantitative estimate of drug-likeness (QED) is 0.515. The second-order valence-corrected chi connectivity index (χ2v) is 10.7. The fourth-order valence-electron chi connectivity index (χ4n) is 3.28. The van der Waals surface area contributed by atoms with Crippen molar-refractivity contribution in [3.8, 4) is 0 Å². The van der Waals surface area contributed by atoms with E-state index >= 15 is 0 Å². The summed E-state index contributed by atoms with van der Waals surface area (Å²) in [5.41, 5.74) is 0. The third-order valence-corrected chi connectivity index (χ3v) is 11.2. The molecular formula is C18H35N4O2PS. The van der Waals surface area contributed by atoms with Crippen molar-refractivity contribution in [2.45, 2.75) is 46.4 Å². The molecule has 0 spiro atoms. The predicted molar refractivity (Wildman–Crippen MR) is 112 cm³/mol. The van der Waals surface area contributed by atoms with Crippen LogP contribution in [0.3, 0.4) is 0 Å². The molecule has 0 saturated carbocycles. The Bertz CT molecular complexity index is 644. The summed E-state index contributed by atoms with van der Waals surface area (Å²) >= 11 is 0. The third-order valence-electron chi connectivity index (χ3n) is 4.59. The Hall–Kier alpha value is -0.720. The van der Waals surface area contributed by atoms with Crippen LogP contribution in [0.15, 0.2) is 39.4 Å². The van der Waals surface area contributed by atoms with Gasteiger partial charge in [0.25, 0.3) is 10.0 Å². The molecule has 6 nitrogen and oxygen atoms in total. The summed E-state index contributed by atoms with van der Waals surface area (Å²) in [7, 11) is -6.34. The van der Waals surface area contributed by atoms with E-state index in [1.807, 2.05) is 6.07 Å². The minimum atomic E-state index is -3.76. The molecule has 1 aromatic rings. The molecule has 0 aliphatic rings. The number of hydrogen-bond donors (Lipinski definition) is 0. The molecule has 0 unspecified atom stereocenters. The molecule has 0 saturated heterocycles. The number of rotatable bonds is 11. The van der Waals surface area contributed by atoms with Gasteiger partial charge in [-0.1, -0.05) is 59.7 Å². The second kappa shape index (κ2) is 10.6. The molecule has 0 aromatic heterocycles. The molecule has 0 N–H and O–H groups in total. The normalized spacial score (nSPS) is 13.0. The fraction of sp³-hybridized carbons (Fsp3) is 0.667. The van der Waals surface area contributed by atoms with Gasteiger partial charge in [0.1, 0.15) is 0 Å². The Morgan fingerprint density at radius 2 is 1.08 bits per heavy atom. The second-order valence-electron chi connectivity index (χ2n) is 5.82. The van der Waals surface area contributed by atoms with E-state index in [2.05, 4.69) is 55.6 Å². The van der Waals surface area contributed by atoms with Crippen LogP contribution in [0, 0.1) is 0 Å². The van der Waals surface area contributed by atoms with E-state index in [4.69, 9.17) is 4.15 Å². The Morgan fingerprint density at radius 1 is 0.731 bits per heavy atom. The van der Waals surface area contributed by atoms with Crippen molar-refractivity contribution in [3.63, 3.8) is 0 Å². The van der Waals surface area contributed by atoms with Gasteiger partial charge in [-0.25, -0.2) is 14.0 Å². The summed E-state index contributed by atoms with van der Waals surface area (Å²) < 4.78 is 37.9. The third kappa shape index (κ3) is 4.76. The van der Waals surface area contributed by atoms with Gasteiger partial charge in [0.05, 0.1) is 4.90 Å². The summed E-state index contributed by atoms with van der Waals surface area (Å²) in [6, 6.07) is 8.56. The first-order valence-corrected chi connectivity index (χ1v) is 12.6. The van der Waals surface area contributed by atoms with Crippen molar-refractivity contribution in [2.24, 2.45) is 4.15 Å². The largest absolute Gasteiger partial charge is 0.284 e. The van der Waals surface area contributed by atoms with Crippen molar-refractivity contribution < 1.29 is 8.42 Å². The van der Waals surface area contributed by atoms with E-state index in [0.29, 0.717) is 0 Å². The maximum atomic E-state index is 13.2. The predicted octanol–water partition coefficient (Wildman–Crippen LogP) is 4.35. The molecule has 8 heteroatoms. The van der Waals surface area contributed by atoms with Crippen molar-refractivity contribution in [1.82, 2.24) is 14.0 Å². The molecule has 0 heterocycles. The minimum absolute atomic E-state index is 0.260. The zero-order chi connectivity index (χ0) is 19.8. The highest BCUT2D eigenvalue weighted by molar-refractivity contribution is 7.93. The van der Waals surface area contributed by atoms with Gasteiger partial charge in [-0.15, -0.1) is 4.15 Å². The molecule has 150 valence electrons. The van der Waals surface area contributed by atoms with Crippen molar-refractivity contribution >= 4 is 17.5 Å². The van der Waals surface area contributed by atoms with Gasteiger partial charge in [0, 0.05) is 39.3 Å². The number of nitrogens with zero attached hydrogens (tertiary/aromatic N) is 4. The van der Waals surface area contributed by atoms with Crippen LogP contribution < -0.4 is 0 Å². The minimum Gasteiger partial charge on any atom is -0.246 e. The number of benzene rings is 1. The molecule has 0 amide bonds. The van der Waals surface area contributed by atoms with Crippen LogP contribution in [0.4, 0.5) is 0 Å². The first kappa shape index (κ1) is 23.3. The molecule has 1 aromatic carbocycles. The first-order chi connectivity index (χ1) is 12.4. The molecule has 0 fully saturated rings. The van der Waals surface area contributed by atoms with Gasteiger partial charge in [-0.2, -0.15) is 8.42 Å². The van der Waals surface area contributed by atoms with E-state index in [-0.39, 0.29) is 4.90 Å². The van der Waals surface area contributed by atoms with E-state index in [1.54, 1.807) is 24.3 Å². The summed E-state index contributed by atoms with van der Waals surface area (Å²) in [5.74, 6) is 0. The van der Waals surface area contributed by atoms with Crippen molar-refractivity contribution in [3.05, 3.63) is 30.3 Å². The lowest BCUT2D eigenvalue weighted by molar-refractivity contribution is 0.340. The van der Waals surface area contributed by atoms with Crippen LogP contribution in [-0.4, -0.2) is 61.7 Å². The maximum Gasteiger partial charge on any atom is 0.284 e. The van der Waals surface area contributed by atoms with Gasteiger partial charge in [0.15, 0.2) is 7.51 Å². The van der Waals surface area contributed by atoms with Crippen LogP contribution in [0.1, 0.15) is 41.5 Å². The standard InChI is InChI=1S/C18H35N4O2PS/c1-7-20(8-2)25(21(9-3)10-4,22(11-5)12-6)19-26(23,24)18-16-14-13-15-17-18/h13-17H,7-12H2,1-6H3.